The number of aromatic nitrogens is 2. The molecule has 0 amide bonds. The Morgan fingerprint density at radius 2 is 2.29 bits per heavy atom. The second-order valence-electron chi connectivity index (χ2n) is 4.14. The number of hydrogen-bond donors (Lipinski definition) is 2. The number of ether oxygens (including phenoxy) is 1. The van der Waals surface area contributed by atoms with E-state index in [0.29, 0.717) is 22.2 Å². The van der Waals surface area contributed by atoms with E-state index in [-0.39, 0.29) is 12.1 Å². The highest BCUT2D eigenvalue weighted by atomic mass is 32.2. The summed E-state index contributed by atoms with van der Waals surface area (Å²) in [5.41, 5.74) is 7.03. The van der Waals surface area contributed by atoms with Crippen LogP contribution in [-0.2, 0) is 6.54 Å². The van der Waals surface area contributed by atoms with Crippen LogP contribution in [0.5, 0.6) is 5.75 Å². The molecule has 0 bridgehead atoms. The van der Waals surface area contributed by atoms with Crippen LogP contribution in [-0.4, -0.2) is 23.3 Å². The Morgan fingerprint density at radius 3 is 2.86 bits per heavy atom. The lowest BCUT2D eigenvalue weighted by Crippen LogP contribution is -2.14. The van der Waals surface area contributed by atoms with Gasteiger partial charge in [-0.15, -0.1) is 0 Å². The highest BCUT2D eigenvalue weighted by Gasteiger charge is 2.14. The van der Waals surface area contributed by atoms with Crippen LogP contribution < -0.4 is 16.0 Å². The molecule has 0 saturated carbocycles. The van der Waals surface area contributed by atoms with Crippen molar-refractivity contribution in [2.75, 3.05) is 13.4 Å². The van der Waals surface area contributed by atoms with Gasteiger partial charge in [0.25, 0.3) is 5.56 Å². The Labute approximate surface area is 126 Å². The van der Waals surface area contributed by atoms with Gasteiger partial charge in [0.15, 0.2) is 5.16 Å². The van der Waals surface area contributed by atoms with Crippen LogP contribution in [0.4, 0.5) is 0 Å². The van der Waals surface area contributed by atoms with E-state index in [0.717, 1.165) is 5.56 Å². The maximum absolute atomic E-state index is 11.9. The zero-order chi connectivity index (χ0) is 15.4. The molecule has 0 atom stereocenters. The zero-order valence-corrected chi connectivity index (χ0v) is 12.5. The first-order valence-electron chi connectivity index (χ1n) is 6.10. The van der Waals surface area contributed by atoms with Crippen LogP contribution in [0.2, 0.25) is 0 Å². The van der Waals surface area contributed by atoms with Crippen molar-refractivity contribution < 1.29 is 4.74 Å². The minimum absolute atomic E-state index is 0.0130. The van der Waals surface area contributed by atoms with Crippen molar-refractivity contribution in [2.45, 2.75) is 11.7 Å². The third-order valence-corrected chi connectivity index (χ3v) is 3.56. The third-order valence-electron chi connectivity index (χ3n) is 2.98. The van der Waals surface area contributed by atoms with Gasteiger partial charge in [-0.2, -0.15) is 5.26 Å². The smallest absolute Gasteiger partial charge is 0.270 e. The van der Waals surface area contributed by atoms with Crippen molar-refractivity contribution in [1.29, 1.82) is 5.26 Å². The predicted octanol–water partition coefficient (Wildman–Crippen LogP) is 1.50. The van der Waals surface area contributed by atoms with Crippen molar-refractivity contribution in [2.24, 2.45) is 5.73 Å². The van der Waals surface area contributed by atoms with Crippen LogP contribution in [0, 0.1) is 11.3 Å². The van der Waals surface area contributed by atoms with Gasteiger partial charge in [0.2, 0.25) is 0 Å². The van der Waals surface area contributed by atoms with Crippen molar-refractivity contribution in [1.82, 2.24) is 9.97 Å². The van der Waals surface area contributed by atoms with Gasteiger partial charge in [-0.1, -0.05) is 11.8 Å². The van der Waals surface area contributed by atoms with Gasteiger partial charge in [-0.3, -0.25) is 4.79 Å². The molecule has 3 N–H and O–H groups in total. The molecule has 21 heavy (non-hydrogen) atoms. The summed E-state index contributed by atoms with van der Waals surface area (Å²) in [5.74, 6) is 0.662. The normalized spacial score (nSPS) is 10.2. The number of thioether (sulfide) groups is 1. The largest absolute Gasteiger partial charge is 0.496 e. The number of hydrogen-bond acceptors (Lipinski definition) is 6. The van der Waals surface area contributed by atoms with Gasteiger partial charge in [-0.25, -0.2) is 4.98 Å². The molecule has 1 heterocycles. The van der Waals surface area contributed by atoms with Crippen molar-refractivity contribution >= 4 is 11.8 Å². The van der Waals surface area contributed by atoms with Crippen LogP contribution >= 0.6 is 11.8 Å². The molecule has 0 aliphatic rings. The number of benzene rings is 1. The molecule has 2 aromatic rings. The Balaban J connectivity index is 2.69. The third kappa shape index (κ3) is 2.91. The highest BCUT2D eigenvalue weighted by Crippen LogP contribution is 2.27. The molecule has 0 fully saturated rings. The van der Waals surface area contributed by atoms with Crippen molar-refractivity contribution in [3.8, 4) is 23.1 Å². The lowest BCUT2D eigenvalue weighted by molar-refractivity contribution is 0.410. The Morgan fingerprint density at radius 1 is 1.52 bits per heavy atom. The maximum Gasteiger partial charge on any atom is 0.270 e. The summed E-state index contributed by atoms with van der Waals surface area (Å²) in [6.07, 6.45) is 1.80. The summed E-state index contributed by atoms with van der Waals surface area (Å²) in [7, 11) is 1.56. The fraction of sp³-hybridized carbons (Fsp3) is 0.214. The molecule has 0 saturated heterocycles. The zero-order valence-electron chi connectivity index (χ0n) is 11.6. The average Bonchev–Trinajstić information content (AvgIpc) is 2.53. The number of nitrogens with one attached hydrogen (secondary N) is 1. The molecule has 6 nitrogen and oxygen atoms in total. The first kappa shape index (κ1) is 15.1. The molecule has 7 heteroatoms. The predicted molar refractivity (Wildman–Crippen MR) is 81.2 cm³/mol. The van der Waals surface area contributed by atoms with Crippen LogP contribution in [0.15, 0.2) is 28.2 Å². The minimum atomic E-state index is -0.447. The van der Waals surface area contributed by atoms with E-state index in [4.69, 9.17) is 10.5 Å². The monoisotopic (exact) mass is 302 g/mol. The van der Waals surface area contributed by atoms with Crippen LogP contribution in [0.25, 0.3) is 11.3 Å². The molecule has 1 aromatic heterocycles. The van der Waals surface area contributed by atoms with E-state index in [1.807, 2.05) is 6.07 Å². The molecule has 0 radical (unpaired) electrons. The van der Waals surface area contributed by atoms with E-state index >= 15 is 0 Å². The quantitative estimate of drug-likeness (QED) is 0.655. The van der Waals surface area contributed by atoms with E-state index in [9.17, 15) is 10.1 Å². The van der Waals surface area contributed by atoms with Gasteiger partial charge < -0.3 is 15.5 Å². The SMILES string of the molecule is COc1ccc(-c2nc(SC)[nH]c(=O)c2C#N)cc1CN. The molecule has 108 valence electrons. The van der Waals surface area contributed by atoms with Crippen LogP contribution in [0.1, 0.15) is 11.1 Å². The Hall–Kier alpha value is -2.30. The number of nitrogens with zero attached hydrogens (tertiary/aromatic N) is 2. The fourth-order valence-corrected chi connectivity index (χ4v) is 2.32. The summed E-state index contributed by atoms with van der Waals surface area (Å²) in [6.45, 7) is 0.289. The number of H-pyrrole nitrogens is 1. The fourth-order valence-electron chi connectivity index (χ4n) is 1.95. The molecule has 0 unspecified atom stereocenters. The van der Waals surface area contributed by atoms with Crippen molar-refractivity contribution in [3.05, 3.63) is 39.7 Å². The molecule has 0 spiro atoms. The molecule has 2 rings (SSSR count). The lowest BCUT2D eigenvalue weighted by atomic mass is 10.0. The second kappa shape index (κ2) is 6.43. The lowest BCUT2D eigenvalue weighted by Gasteiger charge is -2.10. The minimum Gasteiger partial charge on any atom is -0.496 e. The summed E-state index contributed by atoms with van der Waals surface area (Å²) >= 11 is 1.30. The summed E-state index contributed by atoms with van der Waals surface area (Å²) in [4.78, 5) is 18.8. The van der Waals surface area contributed by atoms with Gasteiger partial charge in [0, 0.05) is 17.7 Å². The van der Waals surface area contributed by atoms with Gasteiger partial charge in [-0.05, 0) is 24.5 Å². The van der Waals surface area contributed by atoms with E-state index < -0.39 is 5.56 Å². The number of nitriles is 1. The van der Waals surface area contributed by atoms with Crippen molar-refractivity contribution in [3.63, 3.8) is 0 Å². The van der Waals surface area contributed by atoms with E-state index in [1.54, 1.807) is 31.6 Å². The van der Waals surface area contributed by atoms with E-state index in [1.165, 1.54) is 11.8 Å². The molecule has 0 aliphatic heterocycles. The molecular weight excluding hydrogens is 288 g/mol. The topological polar surface area (TPSA) is 105 Å². The van der Waals surface area contributed by atoms with Gasteiger partial charge in [0.1, 0.15) is 17.4 Å². The number of nitrogens with two attached hydrogens (primary N) is 1. The molecule has 1 aromatic carbocycles. The number of methoxy groups -OCH3 is 1. The number of aromatic amines is 1. The van der Waals surface area contributed by atoms with Gasteiger partial charge >= 0.3 is 0 Å². The van der Waals surface area contributed by atoms with E-state index in [2.05, 4.69) is 9.97 Å². The Bertz CT molecular complexity index is 765. The Kier molecular flexibility index (Phi) is 4.62. The summed E-state index contributed by atoms with van der Waals surface area (Å²) < 4.78 is 5.21. The standard InChI is InChI=1S/C14H14N4O2S/c1-20-11-4-3-8(5-9(11)6-15)12-10(7-16)13(19)18-14(17-12)21-2/h3-5H,6,15H2,1-2H3,(H,17,18,19). The molecule has 0 aliphatic carbocycles. The maximum atomic E-state index is 11.9. The molecular formula is C14H14N4O2S. The van der Waals surface area contributed by atoms with Crippen LogP contribution in [0.3, 0.4) is 0 Å². The first-order chi connectivity index (χ1) is 10.1. The number of rotatable bonds is 4. The summed E-state index contributed by atoms with van der Waals surface area (Å²) in [6, 6.07) is 7.19. The second-order valence-corrected chi connectivity index (χ2v) is 4.94. The highest BCUT2D eigenvalue weighted by molar-refractivity contribution is 7.98. The summed E-state index contributed by atoms with van der Waals surface area (Å²) in [5, 5.41) is 9.64. The first-order valence-corrected chi connectivity index (χ1v) is 7.32. The van der Waals surface area contributed by atoms with Gasteiger partial charge in [0.05, 0.1) is 12.8 Å². The average molecular weight is 302 g/mol.